The fourth-order valence-corrected chi connectivity index (χ4v) is 22.6. The summed E-state index contributed by atoms with van der Waals surface area (Å²) in [5.74, 6) is 0.727. The Hall–Kier alpha value is -16.7. The van der Waals surface area contributed by atoms with Gasteiger partial charge in [0.15, 0.2) is 5.82 Å². The molecular formula is C124H76N6S3. The number of nitrogens with zero attached hydrogens (tertiary/aromatic N) is 6. The van der Waals surface area contributed by atoms with Crippen molar-refractivity contribution in [1.29, 1.82) is 0 Å². The summed E-state index contributed by atoms with van der Waals surface area (Å²) in [7, 11) is 0. The molecule has 620 valence electrons. The molecule has 133 heavy (non-hydrogen) atoms. The van der Waals surface area contributed by atoms with Gasteiger partial charge in [0.05, 0.1) is 56.1 Å². The first-order valence-electron chi connectivity index (χ1n) is 44.8. The molecule has 0 aliphatic carbocycles. The molecule has 21 aromatic carbocycles. The van der Waals surface area contributed by atoms with E-state index in [9.17, 15) is 0 Å². The van der Waals surface area contributed by atoms with Crippen molar-refractivity contribution in [3.05, 3.63) is 461 Å². The van der Waals surface area contributed by atoms with Crippen LogP contribution in [0.5, 0.6) is 0 Å². The van der Waals surface area contributed by atoms with Crippen LogP contribution >= 0.6 is 34.0 Å². The van der Waals surface area contributed by atoms with Crippen molar-refractivity contribution >= 4 is 171 Å². The van der Waals surface area contributed by atoms with Crippen molar-refractivity contribution in [2.45, 2.75) is 0 Å². The maximum atomic E-state index is 5.44. The van der Waals surface area contributed by atoms with Crippen LogP contribution in [0.25, 0.3) is 260 Å². The lowest BCUT2D eigenvalue weighted by molar-refractivity contribution is 1.23. The number of benzene rings is 21. The van der Waals surface area contributed by atoms with Crippen LogP contribution in [-0.4, -0.2) is 29.9 Å². The first-order chi connectivity index (χ1) is 65.9. The molecule has 27 rings (SSSR count). The molecule has 0 radical (unpaired) electrons. The Bertz CT molecular complexity index is 9250. The Morgan fingerprint density at radius 3 is 1.08 bits per heavy atom. The van der Waals surface area contributed by atoms with E-state index in [1.807, 2.05) is 46.1 Å². The molecule has 0 bridgehead atoms. The second-order valence-electron chi connectivity index (χ2n) is 33.8. The van der Waals surface area contributed by atoms with Crippen LogP contribution in [0.15, 0.2) is 461 Å². The average molecular weight is 1750 g/mol. The minimum Gasteiger partial charge on any atom is -0.244 e. The summed E-state index contributed by atoms with van der Waals surface area (Å²) in [4.78, 5) is 31.8. The minimum atomic E-state index is 0.727. The van der Waals surface area contributed by atoms with Crippen molar-refractivity contribution in [1.82, 2.24) is 29.9 Å². The molecule has 0 atom stereocenters. The quantitative estimate of drug-likeness (QED) is 0.120. The van der Waals surface area contributed by atoms with E-state index in [0.29, 0.717) is 0 Å². The van der Waals surface area contributed by atoms with Gasteiger partial charge >= 0.3 is 0 Å². The Morgan fingerprint density at radius 1 is 0.143 bits per heavy atom. The summed E-state index contributed by atoms with van der Waals surface area (Å²) in [5.41, 5.74) is 27.4. The third-order valence-electron chi connectivity index (χ3n) is 25.8. The van der Waals surface area contributed by atoms with Gasteiger partial charge in [-0.15, -0.1) is 34.0 Å². The SMILES string of the molecule is c1ccc(-c2ccc(-c3nc4ccc5ccccc5c4nc3-c3ccc(-c4cccc5sc6ccccc6c45)cc3)cc2)cc1.c1ccc(-c2cccc(-c3nc(-c4ccc(-c5ccc6sc7ccccc7c6c5)cc4)c4ccc5ccccc5c4n3)c2)cc1.c1ccc2cc(-c3ccc(-c4nc5ccc6ccccc6c5nc4-c4cccc5sc6ccccc6c45)cc3)ccc2c1. The van der Waals surface area contributed by atoms with Crippen molar-refractivity contribution in [3.8, 4) is 123 Å². The molecule has 0 saturated heterocycles. The number of hydrogen-bond donors (Lipinski definition) is 0. The summed E-state index contributed by atoms with van der Waals surface area (Å²) in [5, 5.41) is 18.2. The predicted octanol–water partition coefficient (Wildman–Crippen LogP) is 34.9. The summed E-state index contributed by atoms with van der Waals surface area (Å²) < 4.78 is 7.82. The van der Waals surface area contributed by atoms with Gasteiger partial charge in [-0.25, -0.2) is 29.9 Å². The number of hydrogen-bond acceptors (Lipinski definition) is 9. The van der Waals surface area contributed by atoms with E-state index < -0.39 is 0 Å². The van der Waals surface area contributed by atoms with E-state index in [4.69, 9.17) is 29.9 Å². The Morgan fingerprint density at radius 2 is 0.489 bits per heavy atom. The average Bonchev–Trinajstić information content (AvgIpc) is 1.72. The molecule has 0 amide bonds. The van der Waals surface area contributed by atoms with Crippen LogP contribution in [0.1, 0.15) is 0 Å². The molecule has 0 fully saturated rings. The zero-order valence-electron chi connectivity index (χ0n) is 71.8. The van der Waals surface area contributed by atoms with Gasteiger partial charge in [0.1, 0.15) is 0 Å². The van der Waals surface area contributed by atoms with Crippen molar-refractivity contribution in [2.24, 2.45) is 0 Å². The number of fused-ring (bicyclic) bond motifs is 19. The van der Waals surface area contributed by atoms with E-state index in [1.165, 1.54) is 132 Å². The van der Waals surface area contributed by atoms with Crippen LogP contribution in [0.3, 0.4) is 0 Å². The highest BCUT2D eigenvalue weighted by atomic mass is 32.1. The molecule has 9 heteroatoms. The van der Waals surface area contributed by atoms with Gasteiger partial charge in [0, 0.05) is 115 Å². The maximum absolute atomic E-state index is 5.44. The highest BCUT2D eigenvalue weighted by molar-refractivity contribution is 7.26. The molecule has 6 heterocycles. The summed E-state index contributed by atoms with van der Waals surface area (Å²) in [6, 6.07) is 164. The van der Waals surface area contributed by atoms with Gasteiger partial charge in [0.25, 0.3) is 0 Å². The lowest BCUT2D eigenvalue weighted by Crippen LogP contribution is -1.97. The number of rotatable bonds is 11. The first-order valence-corrected chi connectivity index (χ1v) is 47.3. The van der Waals surface area contributed by atoms with Crippen LogP contribution < -0.4 is 0 Å². The predicted molar refractivity (Wildman–Crippen MR) is 567 cm³/mol. The summed E-state index contributed by atoms with van der Waals surface area (Å²) >= 11 is 5.54. The Balaban J connectivity index is 0.000000107. The van der Waals surface area contributed by atoms with E-state index in [0.717, 1.165) is 128 Å². The molecule has 0 spiro atoms. The van der Waals surface area contributed by atoms with Crippen LogP contribution in [0.4, 0.5) is 0 Å². The Kier molecular flexibility index (Phi) is 19.8. The molecule has 0 aliphatic rings. The minimum absolute atomic E-state index is 0.727. The van der Waals surface area contributed by atoms with E-state index >= 15 is 0 Å². The number of thiophene rings is 3. The highest BCUT2D eigenvalue weighted by Gasteiger charge is 2.24. The Labute approximate surface area is 778 Å². The lowest BCUT2D eigenvalue weighted by Gasteiger charge is -2.14. The van der Waals surface area contributed by atoms with E-state index in [1.54, 1.807) is 0 Å². The fraction of sp³-hybridized carbons (Fsp3) is 0. The van der Waals surface area contributed by atoms with Gasteiger partial charge in [-0.2, -0.15) is 0 Å². The van der Waals surface area contributed by atoms with Crippen molar-refractivity contribution in [3.63, 3.8) is 0 Å². The van der Waals surface area contributed by atoms with Gasteiger partial charge in [-0.05, 0) is 155 Å². The van der Waals surface area contributed by atoms with E-state index in [2.05, 4.69) is 449 Å². The molecule has 6 nitrogen and oxygen atoms in total. The monoisotopic (exact) mass is 1740 g/mol. The molecule has 0 aliphatic heterocycles. The van der Waals surface area contributed by atoms with E-state index in [-0.39, 0.29) is 0 Å². The lowest BCUT2D eigenvalue weighted by atomic mass is 9.96. The molecule has 0 N–H and O–H groups in total. The molecule has 0 saturated carbocycles. The second-order valence-corrected chi connectivity index (χ2v) is 37.0. The first kappa shape index (κ1) is 78.6. The van der Waals surface area contributed by atoms with Crippen LogP contribution in [0.2, 0.25) is 0 Å². The zero-order chi connectivity index (χ0) is 87.8. The van der Waals surface area contributed by atoms with Gasteiger partial charge in [0.2, 0.25) is 0 Å². The molecular weight excluding hydrogens is 1670 g/mol. The van der Waals surface area contributed by atoms with Crippen LogP contribution in [-0.2, 0) is 0 Å². The van der Waals surface area contributed by atoms with Crippen molar-refractivity contribution < 1.29 is 0 Å². The molecule has 6 aromatic heterocycles. The molecule has 0 unspecified atom stereocenters. The number of aromatic nitrogens is 6. The maximum Gasteiger partial charge on any atom is 0.160 e. The fourth-order valence-electron chi connectivity index (χ4n) is 19.2. The normalized spacial score (nSPS) is 11.6. The van der Waals surface area contributed by atoms with Gasteiger partial charge in [-0.1, -0.05) is 388 Å². The zero-order valence-corrected chi connectivity index (χ0v) is 74.2. The highest BCUT2D eigenvalue weighted by Crippen LogP contribution is 2.47. The van der Waals surface area contributed by atoms with Gasteiger partial charge < -0.3 is 0 Å². The second kappa shape index (κ2) is 33.4. The standard InChI is InChI=1S/2C42H26N2S.C40H24N2S/c1-2-9-27(10-3-1)31-12-8-13-33(25-31)42-43-40(36-23-21-29-11-4-5-14-34(29)41(36)44-42)30-19-17-28(18-20-30)32-22-24-39-37(26-32)35-15-6-7-16-38(35)45-39;1-2-9-27(10-3-1)28-17-21-31(22-18-28)40-41(44-42-34-12-5-4-11-29(34)25-26-36(42)43-40)32-23-19-30(20-24-32)33-14-8-16-38-39(33)35-13-6-7-15-37(35)45-38;1-2-10-29-24-30(21-18-25(29)8-1)26-16-19-28(20-17-26)38-40(42-39-31-11-4-3-9-27(31)22-23-34(39)41-38)33-13-7-15-36-37(33)32-12-5-6-14-35(32)43-36/h2*1-26H;1-24H. The summed E-state index contributed by atoms with van der Waals surface area (Å²) in [6.45, 7) is 0. The molecule has 27 aromatic rings. The third kappa shape index (κ3) is 14.5. The smallest absolute Gasteiger partial charge is 0.160 e. The van der Waals surface area contributed by atoms with Crippen molar-refractivity contribution in [2.75, 3.05) is 0 Å². The largest absolute Gasteiger partial charge is 0.244 e. The summed E-state index contributed by atoms with van der Waals surface area (Å²) in [6.07, 6.45) is 0. The third-order valence-corrected chi connectivity index (χ3v) is 29.3. The van der Waals surface area contributed by atoms with Gasteiger partial charge in [-0.3, -0.25) is 0 Å². The van der Waals surface area contributed by atoms with Crippen LogP contribution in [0, 0.1) is 0 Å². The topological polar surface area (TPSA) is 77.3 Å².